The Labute approximate surface area is 108 Å². The lowest BCUT2D eigenvalue weighted by molar-refractivity contribution is -0.137. The maximum absolute atomic E-state index is 12.6. The van der Waals surface area contributed by atoms with Crippen LogP contribution >= 0.6 is 12.2 Å². The van der Waals surface area contributed by atoms with Crippen molar-refractivity contribution in [2.45, 2.75) is 31.5 Å². The van der Waals surface area contributed by atoms with E-state index in [1.165, 1.54) is 6.07 Å². The average Bonchev–Trinajstić information content (AvgIpc) is 2.21. The molecule has 1 aliphatic rings. The number of halogens is 3. The van der Waals surface area contributed by atoms with E-state index in [0.717, 1.165) is 31.4 Å². The first-order chi connectivity index (χ1) is 8.38. The number of ether oxygens (including phenoxy) is 1. The lowest BCUT2D eigenvalue weighted by Gasteiger charge is -2.27. The van der Waals surface area contributed by atoms with E-state index < -0.39 is 11.7 Å². The summed E-state index contributed by atoms with van der Waals surface area (Å²) in [5.41, 5.74) is 4.82. The Balaban J connectivity index is 2.31. The molecule has 0 aliphatic heterocycles. The van der Waals surface area contributed by atoms with Crippen LogP contribution < -0.4 is 10.5 Å². The van der Waals surface area contributed by atoms with Crippen molar-refractivity contribution < 1.29 is 17.9 Å². The van der Waals surface area contributed by atoms with Crippen LogP contribution in [-0.2, 0) is 6.18 Å². The Bertz CT molecular complexity index is 469. The Morgan fingerprint density at radius 3 is 2.44 bits per heavy atom. The van der Waals surface area contributed by atoms with Gasteiger partial charge in [-0.2, -0.15) is 13.2 Å². The maximum Gasteiger partial charge on any atom is 0.416 e. The smallest absolute Gasteiger partial charge is 0.416 e. The van der Waals surface area contributed by atoms with Crippen LogP contribution in [0.3, 0.4) is 0 Å². The standard InChI is InChI=1S/C12H12F3NOS/c13-12(14,15)7-4-5-10(9(6-7)11(16)18)17-8-2-1-3-8/h4-6,8H,1-3H2,(H2,16,18). The van der Waals surface area contributed by atoms with Crippen LogP contribution in [0.5, 0.6) is 5.75 Å². The Morgan fingerprint density at radius 1 is 1.33 bits per heavy atom. The van der Waals surface area contributed by atoms with Crippen LogP contribution in [0.2, 0.25) is 0 Å². The second kappa shape index (κ2) is 4.76. The number of thiocarbonyl (C=S) groups is 1. The molecule has 0 heterocycles. The summed E-state index contributed by atoms with van der Waals surface area (Å²) < 4.78 is 43.3. The molecule has 0 saturated heterocycles. The zero-order chi connectivity index (χ0) is 13.3. The van der Waals surface area contributed by atoms with Crippen molar-refractivity contribution >= 4 is 17.2 Å². The summed E-state index contributed by atoms with van der Waals surface area (Å²) in [6.07, 6.45) is -1.44. The third kappa shape index (κ3) is 2.75. The van der Waals surface area contributed by atoms with Gasteiger partial charge in [-0.3, -0.25) is 0 Å². The summed E-state index contributed by atoms with van der Waals surface area (Å²) in [5, 5.41) is 0. The topological polar surface area (TPSA) is 35.2 Å². The summed E-state index contributed by atoms with van der Waals surface area (Å²) in [6, 6.07) is 3.21. The van der Waals surface area contributed by atoms with Crippen molar-refractivity contribution in [3.63, 3.8) is 0 Å². The first-order valence-corrected chi connectivity index (χ1v) is 5.96. The van der Waals surface area contributed by atoms with E-state index >= 15 is 0 Å². The van der Waals surface area contributed by atoms with Crippen LogP contribution in [0.1, 0.15) is 30.4 Å². The van der Waals surface area contributed by atoms with Crippen LogP contribution in [0, 0.1) is 0 Å². The third-order valence-corrected chi connectivity index (χ3v) is 3.14. The molecule has 1 aromatic carbocycles. The predicted molar refractivity (Wildman–Crippen MR) is 65.6 cm³/mol. The molecule has 0 aromatic heterocycles. The summed E-state index contributed by atoms with van der Waals surface area (Å²) in [7, 11) is 0. The van der Waals surface area contributed by atoms with Gasteiger partial charge in [-0.15, -0.1) is 0 Å². The minimum Gasteiger partial charge on any atom is -0.490 e. The molecular weight excluding hydrogens is 263 g/mol. The van der Waals surface area contributed by atoms with Crippen molar-refractivity contribution in [3.05, 3.63) is 29.3 Å². The SMILES string of the molecule is NC(=S)c1cc(C(F)(F)F)ccc1OC1CCC1. The van der Waals surface area contributed by atoms with Crippen molar-refractivity contribution in [3.8, 4) is 5.75 Å². The zero-order valence-corrected chi connectivity index (χ0v) is 10.3. The highest BCUT2D eigenvalue weighted by Crippen LogP contribution is 2.34. The Hall–Kier alpha value is -1.30. The lowest BCUT2D eigenvalue weighted by atomic mass is 9.96. The highest BCUT2D eigenvalue weighted by Gasteiger charge is 2.32. The molecular formula is C12H12F3NOS. The van der Waals surface area contributed by atoms with Gasteiger partial charge in [0.15, 0.2) is 0 Å². The molecule has 0 radical (unpaired) electrons. The second-order valence-corrected chi connectivity index (χ2v) is 4.68. The van der Waals surface area contributed by atoms with E-state index in [0.29, 0.717) is 5.75 Å². The fourth-order valence-corrected chi connectivity index (χ4v) is 1.83. The van der Waals surface area contributed by atoms with Crippen LogP contribution in [0.25, 0.3) is 0 Å². The van der Waals surface area contributed by atoms with Gasteiger partial charge in [0.05, 0.1) is 17.2 Å². The second-order valence-electron chi connectivity index (χ2n) is 4.24. The normalized spacial score (nSPS) is 16.2. The minimum atomic E-state index is -4.41. The van der Waals surface area contributed by atoms with Gasteiger partial charge >= 0.3 is 6.18 Å². The number of alkyl halides is 3. The highest BCUT2D eigenvalue weighted by atomic mass is 32.1. The van der Waals surface area contributed by atoms with Crippen LogP contribution in [0.4, 0.5) is 13.2 Å². The van der Waals surface area contributed by atoms with E-state index in [4.69, 9.17) is 22.7 Å². The van der Waals surface area contributed by atoms with Crippen molar-refractivity contribution in [2.24, 2.45) is 5.73 Å². The van der Waals surface area contributed by atoms with E-state index in [1.54, 1.807) is 0 Å². The fraction of sp³-hybridized carbons (Fsp3) is 0.417. The number of benzene rings is 1. The van der Waals surface area contributed by atoms with E-state index in [2.05, 4.69) is 0 Å². The zero-order valence-electron chi connectivity index (χ0n) is 9.46. The minimum absolute atomic E-state index is 0.0647. The van der Waals surface area contributed by atoms with Gasteiger partial charge in [0.25, 0.3) is 0 Å². The molecule has 1 aromatic rings. The van der Waals surface area contributed by atoms with Gasteiger partial charge in [-0.05, 0) is 37.5 Å². The molecule has 2 N–H and O–H groups in total. The van der Waals surface area contributed by atoms with Crippen molar-refractivity contribution in [1.29, 1.82) is 0 Å². The predicted octanol–water partition coefficient (Wildman–Crippen LogP) is 3.27. The van der Waals surface area contributed by atoms with Gasteiger partial charge in [0.2, 0.25) is 0 Å². The molecule has 2 rings (SSSR count). The molecule has 1 fully saturated rings. The molecule has 1 saturated carbocycles. The lowest BCUT2D eigenvalue weighted by Crippen LogP contribution is -2.26. The highest BCUT2D eigenvalue weighted by molar-refractivity contribution is 7.80. The summed E-state index contributed by atoms with van der Waals surface area (Å²) in [4.78, 5) is -0.0876. The van der Waals surface area contributed by atoms with E-state index in [9.17, 15) is 13.2 Å². The van der Waals surface area contributed by atoms with E-state index in [1.807, 2.05) is 0 Å². The maximum atomic E-state index is 12.6. The van der Waals surface area contributed by atoms with Gasteiger partial charge in [0, 0.05) is 0 Å². The summed E-state index contributed by atoms with van der Waals surface area (Å²) in [5.74, 6) is 0.334. The summed E-state index contributed by atoms with van der Waals surface area (Å²) >= 11 is 4.77. The molecule has 98 valence electrons. The molecule has 0 amide bonds. The molecule has 0 bridgehead atoms. The van der Waals surface area contributed by atoms with Gasteiger partial charge in [0.1, 0.15) is 10.7 Å². The molecule has 0 unspecified atom stereocenters. The Morgan fingerprint density at radius 2 is 2.00 bits per heavy atom. The molecule has 18 heavy (non-hydrogen) atoms. The quantitative estimate of drug-likeness (QED) is 0.860. The average molecular weight is 275 g/mol. The number of hydrogen-bond donors (Lipinski definition) is 1. The van der Waals surface area contributed by atoms with Crippen molar-refractivity contribution in [2.75, 3.05) is 0 Å². The Kier molecular flexibility index (Phi) is 3.47. The third-order valence-electron chi connectivity index (χ3n) is 2.92. The monoisotopic (exact) mass is 275 g/mol. The first kappa shape index (κ1) is 13.1. The molecule has 0 spiro atoms. The number of nitrogens with two attached hydrogens (primary N) is 1. The molecule has 6 heteroatoms. The van der Waals surface area contributed by atoms with Gasteiger partial charge in [-0.25, -0.2) is 0 Å². The molecule has 2 nitrogen and oxygen atoms in total. The molecule has 1 aliphatic carbocycles. The fourth-order valence-electron chi connectivity index (χ4n) is 1.67. The van der Waals surface area contributed by atoms with Gasteiger partial charge < -0.3 is 10.5 Å². The summed E-state index contributed by atoms with van der Waals surface area (Å²) in [6.45, 7) is 0. The van der Waals surface area contributed by atoms with Gasteiger partial charge in [-0.1, -0.05) is 12.2 Å². The molecule has 0 atom stereocenters. The van der Waals surface area contributed by atoms with E-state index in [-0.39, 0.29) is 16.7 Å². The number of rotatable bonds is 3. The van der Waals surface area contributed by atoms with Crippen LogP contribution in [0.15, 0.2) is 18.2 Å². The first-order valence-electron chi connectivity index (χ1n) is 5.55. The van der Waals surface area contributed by atoms with Crippen molar-refractivity contribution in [1.82, 2.24) is 0 Å². The number of hydrogen-bond acceptors (Lipinski definition) is 2. The largest absolute Gasteiger partial charge is 0.490 e. The van der Waals surface area contributed by atoms with Crippen LogP contribution in [-0.4, -0.2) is 11.1 Å².